The van der Waals surface area contributed by atoms with Crippen LogP contribution < -0.4 is 10.2 Å². The van der Waals surface area contributed by atoms with Crippen molar-refractivity contribution >= 4 is 22.4 Å². The minimum Gasteiger partial charge on any atom is -0.463 e. The van der Waals surface area contributed by atoms with Crippen molar-refractivity contribution in [1.29, 1.82) is 0 Å². The fraction of sp³-hybridized carbons (Fsp3) is 0.167. The lowest BCUT2D eigenvalue weighted by Crippen LogP contribution is -2.38. The lowest BCUT2D eigenvalue weighted by Gasteiger charge is -2.15. The van der Waals surface area contributed by atoms with Gasteiger partial charge in [-0.1, -0.05) is 30.3 Å². The number of hydrazone groups is 1. The van der Waals surface area contributed by atoms with Crippen LogP contribution in [-0.2, 0) is 0 Å². The molecule has 0 fully saturated rings. The Balaban J connectivity index is 1.77. The molecule has 0 saturated heterocycles. The third-order valence-corrected chi connectivity index (χ3v) is 3.91. The summed E-state index contributed by atoms with van der Waals surface area (Å²) in [6, 6.07) is 16.8. The lowest BCUT2D eigenvalue weighted by molar-refractivity contribution is 0.0321. The second-order valence-corrected chi connectivity index (χ2v) is 5.63. The lowest BCUT2D eigenvalue weighted by atomic mass is 10.1. The van der Waals surface area contributed by atoms with E-state index >= 15 is 0 Å². The van der Waals surface area contributed by atoms with E-state index in [2.05, 4.69) is 20.5 Å². The van der Waals surface area contributed by atoms with Gasteiger partial charge in [0.05, 0.1) is 23.3 Å². The van der Waals surface area contributed by atoms with E-state index in [-0.39, 0.29) is 0 Å². The van der Waals surface area contributed by atoms with Crippen LogP contribution in [-0.4, -0.2) is 44.7 Å². The monoisotopic (exact) mass is 336 g/mol. The minimum absolute atomic E-state index is 0.296. The number of fused-ring (bicyclic) bond motifs is 2. The fourth-order valence-corrected chi connectivity index (χ4v) is 2.65. The van der Waals surface area contributed by atoms with Crippen LogP contribution in [0.25, 0.3) is 11.0 Å². The smallest absolute Gasteiger partial charge is 0.243 e. The first-order chi connectivity index (χ1) is 12.3. The number of para-hydroxylation sites is 3. The van der Waals surface area contributed by atoms with Gasteiger partial charge in [-0.05, 0) is 24.3 Å². The summed E-state index contributed by atoms with van der Waals surface area (Å²) in [5.41, 5.74) is 5.97. The van der Waals surface area contributed by atoms with Crippen molar-refractivity contribution in [2.45, 2.75) is 12.2 Å². The highest BCUT2D eigenvalue weighted by atomic mass is 16.5. The summed E-state index contributed by atoms with van der Waals surface area (Å²) in [6.45, 7) is -0.456. The number of aliphatic hydroxyl groups is 2. The Morgan fingerprint density at radius 2 is 1.72 bits per heavy atom. The summed E-state index contributed by atoms with van der Waals surface area (Å²) >= 11 is 0. The molecule has 1 aliphatic heterocycles. The highest BCUT2D eigenvalue weighted by Gasteiger charge is 2.38. The second kappa shape index (κ2) is 6.46. The molecule has 0 unspecified atom stereocenters. The van der Waals surface area contributed by atoms with Gasteiger partial charge in [0.15, 0.2) is 11.8 Å². The van der Waals surface area contributed by atoms with E-state index in [1.807, 2.05) is 54.6 Å². The van der Waals surface area contributed by atoms with Gasteiger partial charge in [0.2, 0.25) is 5.88 Å². The van der Waals surface area contributed by atoms with Gasteiger partial charge < -0.3 is 14.9 Å². The van der Waals surface area contributed by atoms with Crippen molar-refractivity contribution in [3.63, 3.8) is 0 Å². The zero-order valence-electron chi connectivity index (χ0n) is 13.2. The standard InChI is InChI=1S/C18H16N4O3/c23-10-14(24)17-15(22-21-11-6-2-1-3-7-11)16-18(25-17)20-13-9-5-4-8-12(13)19-16/h1-9,14,17,21,23-24H,10H2/b22-15+/t14-,17+/m0/s1. The molecule has 7 heteroatoms. The van der Waals surface area contributed by atoms with Crippen LogP contribution in [0.3, 0.4) is 0 Å². The van der Waals surface area contributed by atoms with E-state index in [1.165, 1.54) is 0 Å². The van der Waals surface area contributed by atoms with E-state index in [1.54, 1.807) is 0 Å². The van der Waals surface area contributed by atoms with Crippen LogP contribution >= 0.6 is 0 Å². The topological polar surface area (TPSA) is 99.9 Å². The maximum atomic E-state index is 10.1. The molecule has 3 aromatic rings. The van der Waals surface area contributed by atoms with E-state index < -0.39 is 18.8 Å². The van der Waals surface area contributed by atoms with Gasteiger partial charge in [0, 0.05) is 0 Å². The predicted octanol–water partition coefficient (Wildman–Crippen LogP) is 1.56. The summed E-state index contributed by atoms with van der Waals surface area (Å²) in [5.74, 6) is 0.296. The molecule has 2 aromatic carbocycles. The van der Waals surface area contributed by atoms with Gasteiger partial charge in [-0.2, -0.15) is 5.10 Å². The Labute approximate surface area is 143 Å². The molecule has 1 aliphatic rings. The van der Waals surface area contributed by atoms with E-state index in [4.69, 9.17) is 4.74 Å². The maximum absolute atomic E-state index is 10.1. The molecule has 7 nitrogen and oxygen atoms in total. The molecule has 3 N–H and O–H groups in total. The molecule has 1 aromatic heterocycles. The highest BCUT2D eigenvalue weighted by Crippen LogP contribution is 2.29. The molecular formula is C18H16N4O3. The molecule has 4 rings (SSSR count). The van der Waals surface area contributed by atoms with Gasteiger partial charge in [-0.3, -0.25) is 5.43 Å². The van der Waals surface area contributed by atoms with E-state index in [9.17, 15) is 10.2 Å². The van der Waals surface area contributed by atoms with Crippen LogP contribution in [0.5, 0.6) is 5.88 Å². The van der Waals surface area contributed by atoms with Crippen LogP contribution in [0.15, 0.2) is 59.7 Å². The number of nitrogens with one attached hydrogen (secondary N) is 1. The first-order valence-corrected chi connectivity index (χ1v) is 7.87. The molecule has 0 saturated carbocycles. The van der Waals surface area contributed by atoms with Crippen molar-refractivity contribution in [2.75, 3.05) is 12.0 Å². The number of aromatic nitrogens is 2. The minimum atomic E-state index is -1.13. The summed E-state index contributed by atoms with van der Waals surface area (Å²) in [5, 5.41) is 23.8. The summed E-state index contributed by atoms with van der Waals surface area (Å²) < 4.78 is 5.71. The molecular weight excluding hydrogens is 320 g/mol. The predicted molar refractivity (Wildman–Crippen MR) is 93.6 cm³/mol. The Kier molecular flexibility index (Phi) is 4.01. The molecule has 126 valence electrons. The van der Waals surface area contributed by atoms with Crippen LogP contribution in [0.1, 0.15) is 5.69 Å². The highest BCUT2D eigenvalue weighted by molar-refractivity contribution is 6.08. The number of benzene rings is 2. The van der Waals surface area contributed by atoms with Gasteiger partial charge in [-0.25, -0.2) is 9.97 Å². The molecule has 2 atom stereocenters. The molecule has 2 heterocycles. The van der Waals surface area contributed by atoms with Crippen LogP contribution in [0.2, 0.25) is 0 Å². The number of nitrogens with zero attached hydrogens (tertiary/aromatic N) is 3. The number of anilines is 1. The van der Waals surface area contributed by atoms with Crippen LogP contribution in [0, 0.1) is 0 Å². The number of rotatable bonds is 4. The molecule has 0 spiro atoms. The van der Waals surface area contributed by atoms with E-state index in [0.717, 1.165) is 5.69 Å². The summed E-state index contributed by atoms with van der Waals surface area (Å²) in [4.78, 5) is 9.01. The summed E-state index contributed by atoms with van der Waals surface area (Å²) in [6.07, 6.45) is -1.97. The molecule has 25 heavy (non-hydrogen) atoms. The molecule has 0 aliphatic carbocycles. The van der Waals surface area contributed by atoms with Crippen molar-refractivity contribution in [3.8, 4) is 5.88 Å². The Morgan fingerprint density at radius 1 is 1.04 bits per heavy atom. The van der Waals surface area contributed by atoms with Gasteiger partial charge in [0.1, 0.15) is 11.8 Å². The SMILES string of the molecule is OC[C@H](O)[C@H]1Oc2nc3ccccc3nc2/C1=N\Nc1ccccc1. The maximum Gasteiger partial charge on any atom is 0.243 e. The average molecular weight is 336 g/mol. The van der Waals surface area contributed by atoms with Crippen LogP contribution in [0.4, 0.5) is 5.69 Å². The Morgan fingerprint density at radius 3 is 2.44 bits per heavy atom. The zero-order valence-corrected chi connectivity index (χ0v) is 13.2. The first kappa shape index (κ1) is 15.5. The number of aliphatic hydroxyl groups excluding tert-OH is 2. The third-order valence-electron chi connectivity index (χ3n) is 3.91. The number of hydrogen-bond acceptors (Lipinski definition) is 7. The molecule has 0 radical (unpaired) electrons. The number of ether oxygens (including phenoxy) is 1. The summed E-state index contributed by atoms with van der Waals surface area (Å²) in [7, 11) is 0. The Bertz CT molecular complexity index is 930. The van der Waals surface area contributed by atoms with Gasteiger partial charge in [-0.15, -0.1) is 0 Å². The largest absolute Gasteiger partial charge is 0.463 e. The van der Waals surface area contributed by atoms with Crippen molar-refractivity contribution < 1.29 is 14.9 Å². The number of hydrogen-bond donors (Lipinski definition) is 3. The fourth-order valence-electron chi connectivity index (χ4n) is 2.65. The zero-order chi connectivity index (χ0) is 17.2. The quantitative estimate of drug-likeness (QED) is 0.625. The first-order valence-electron chi connectivity index (χ1n) is 7.87. The second-order valence-electron chi connectivity index (χ2n) is 5.63. The molecule has 0 amide bonds. The average Bonchev–Trinajstić information content (AvgIpc) is 3.02. The molecule has 0 bridgehead atoms. The van der Waals surface area contributed by atoms with Gasteiger partial charge in [0.25, 0.3) is 0 Å². The van der Waals surface area contributed by atoms with Crippen molar-refractivity contribution in [1.82, 2.24) is 9.97 Å². The van der Waals surface area contributed by atoms with Crippen molar-refractivity contribution in [2.24, 2.45) is 5.10 Å². The van der Waals surface area contributed by atoms with E-state index in [0.29, 0.717) is 28.3 Å². The van der Waals surface area contributed by atoms with Crippen molar-refractivity contribution in [3.05, 3.63) is 60.3 Å². The normalized spacial score (nSPS) is 18.8. The van der Waals surface area contributed by atoms with Gasteiger partial charge >= 0.3 is 0 Å². The third kappa shape index (κ3) is 2.90. The Hall–Kier alpha value is -3.03.